The number of nitrogens with zero attached hydrogens (tertiary/aromatic N) is 3. The fraction of sp³-hybridized carbons (Fsp3) is 0.500. The number of unbranched alkanes of at least 4 members (excludes halogenated alkanes) is 1. The minimum atomic E-state index is 0.435. The number of rotatable bonds is 8. The van der Waals surface area contributed by atoms with Gasteiger partial charge in [-0.15, -0.1) is 10.2 Å². The summed E-state index contributed by atoms with van der Waals surface area (Å²) >= 11 is 0. The predicted molar refractivity (Wildman–Crippen MR) is 81.4 cm³/mol. The number of benzene rings is 1. The third kappa shape index (κ3) is 4.17. The van der Waals surface area contributed by atoms with Gasteiger partial charge in [-0.2, -0.15) is 0 Å². The Morgan fingerprint density at radius 3 is 2.70 bits per heavy atom. The molecule has 108 valence electrons. The maximum absolute atomic E-state index is 4.12. The molecule has 0 aliphatic heterocycles. The van der Waals surface area contributed by atoms with Crippen molar-refractivity contribution >= 4 is 0 Å². The van der Waals surface area contributed by atoms with Crippen LogP contribution in [-0.2, 0) is 13.5 Å². The Labute approximate surface area is 121 Å². The molecular formula is C16H24N4. The quantitative estimate of drug-likeness (QED) is 0.803. The first-order chi connectivity index (χ1) is 9.81. The van der Waals surface area contributed by atoms with Gasteiger partial charge < -0.3 is 9.88 Å². The van der Waals surface area contributed by atoms with Crippen LogP contribution >= 0.6 is 0 Å². The molecule has 0 aliphatic rings. The van der Waals surface area contributed by atoms with Crippen molar-refractivity contribution in [2.24, 2.45) is 7.05 Å². The summed E-state index contributed by atoms with van der Waals surface area (Å²) in [6.07, 6.45) is 6.32. The van der Waals surface area contributed by atoms with Gasteiger partial charge in [0.05, 0.1) is 0 Å². The van der Waals surface area contributed by atoms with E-state index in [4.69, 9.17) is 0 Å². The molecule has 0 aliphatic carbocycles. The molecule has 1 aromatic carbocycles. The van der Waals surface area contributed by atoms with Crippen molar-refractivity contribution in [2.45, 2.75) is 38.6 Å². The Morgan fingerprint density at radius 1 is 1.25 bits per heavy atom. The molecule has 0 spiro atoms. The van der Waals surface area contributed by atoms with Crippen LogP contribution in [0.4, 0.5) is 0 Å². The lowest BCUT2D eigenvalue weighted by Gasteiger charge is -2.19. The summed E-state index contributed by atoms with van der Waals surface area (Å²) in [5, 5.41) is 11.7. The standard InChI is InChI=1S/C16H24N4/c1-3-4-10-15(14-8-6-5-7-9-14)17-12-11-16-19-18-13-20(16)2/h5-9,13,15,17H,3-4,10-12H2,1-2H3. The average molecular weight is 272 g/mol. The Bertz CT molecular complexity index is 492. The summed E-state index contributed by atoms with van der Waals surface area (Å²) < 4.78 is 1.98. The molecular weight excluding hydrogens is 248 g/mol. The molecule has 1 aromatic heterocycles. The summed E-state index contributed by atoms with van der Waals surface area (Å²) in [4.78, 5) is 0. The number of hydrogen-bond acceptors (Lipinski definition) is 3. The van der Waals surface area contributed by atoms with Gasteiger partial charge in [-0.25, -0.2) is 0 Å². The molecule has 1 atom stereocenters. The van der Waals surface area contributed by atoms with Crippen LogP contribution in [0.25, 0.3) is 0 Å². The third-order valence-corrected chi connectivity index (χ3v) is 3.59. The van der Waals surface area contributed by atoms with Crippen LogP contribution in [0, 0.1) is 0 Å². The summed E-state index contributed by atoms with van der Waals surface area (Å²) in [5.74, 6) is 1.03. The molecule has 0 fully saturated rings. The van der Waals surface area contributed by atoms with E-state index in [1.165, 1.54) is 24.8 Å². The smallest absolute Gasteiger partial charge is 0.133 e. The zero-order chi connectivity index (χ0) is 14.2. The van der Waals surface area contributed by atoms with Gasteiger partial charge in [0, 0.05) is 26.1 Å². The summed E-state index contributed by atoms with van der Waals surface area (Å²) in [7, 11) is 1.99. The second-order valence-corrected chi connectivity index (χ2v) is 5.17. The first kappa shape index (κ1) is 14.7. The van der Waals surface area contributed by atoms with Gasteiger partial charge in [-0.3, -0.25) is 0 Å². The maximum atomic E-state index is 4.12. The van der Waals surface area contributed by atoms with Crippen LogP contribution < -0.4 is 5.32 Å². The topological polar surface area (TPSA) is 42.7 Å². The molecule has 0 saturated carbocycles. The van der Waals surface area contributed by atoms with Gasteiger partial charge in [-0.05, 0) is 12.0 Å². The predicted octanol–water partition coefficient (Wildman–Crippen LogP) is 2.88. The molecule has 2 rings (SSSR count). The van der Waals surface area contributed by atoms with E-state index in [9.17, 15) is 0 Å². The fourth-order valence-electron chi connectivity index (χ4n) is 2.37. The van der Waals surface area contributed by atoms with Gasteiger partial charge >= 0.3 is 0 Å². The van der Waals surface area contributed by atoms with Gasteiger partial charge in [-0.1, -0.05) is 50.1 Å². The number of nitrogens with one attached hydrogen (secondary N) is 1. The highest BCUT2D eigenvalue weighted by molar-refractivity contribution is 5.18. The minimum absolute atomic E-state index is 0.435. The lowest BCUT2D eigenvalue weighted by molar-refractivity contribution is 0.480. The fourth-order valence-corrected chi connectivity index (χ4v) is 2.37. The Morgan fingerprint density at radius 2 is 2.05 bits per heavy atom. The normalized spacial score (nSPS) is 12.5. The van der Waals surface area contributed by atoms with Crippen LogP contribution in [0.3, 0.4) is 0 Å². The molecule has 0 bridgehead atoms. The molecule has 0 saturated heterocycles. The van der Waals surface area contributed by atoms with Crippen molar-refractivity contribution < 1.29 is 0 Å². The second kappa shape index (κ2) is 7.80. The molecule has 0 amide bonds. The largest absolute Gasteiger partial charge is 0.321 e. The first-order valence-electron chi connectivity index (χ1n) is 7.42. The Balaban J connectivity index is 1.89. The zero-order valence-corrected chi connectivity index (χ0v) is 12.4. The summed E-state index contributed by atoms with van der Waals surface area (Å²) in [6.45, 7) is 3.16. The van der Waals surface area contributed by atoms with Gasteiger partial charge in [0.15, 0.2) is 0 Å². The van der Waals surface area contributed by atoms with Crippen molar-refractivity contribution in [2.75, 3.05) is 6.54 Å². The molecule has 2 aromatic rings. The number of hydrogen-bond donors (Lipinski definition) is 1. The van der Waals surface area contributed by atoms with Crippen LogP contribution in [0.5, 0.6) is 0 Å². The molecule has 20 heavy (non-hydrogen) atoms. The Kier molecular flexibility index (Phi) is 5.74. The average Bonchev–Trinajstić information content (AvgIpc) is 2.89. The number of aryl methyl sites for hydroxylation is 1. The van der Waals surface area contributed by atoms with E-state index in [1.807, 2.05) is 11.6 Å². The lowest BCUT2D eigenvalue weighted by atomic mass is 10.0. The highest BCUT2D eigenvalue weighted by Gasteiger charge is 2.10. The Hall–Kier alpha value is -1.68. The van der Waals surface area contributed by atoms with E-state index in [0.29, 0.717) is 6.04 Å². The molecule has 1 heterocycles. The SMILES string of the molecule is CCCCC(NCCc1nncn1C)c1ccccc1. The maximum Gasteiger partial charge on any atom is 0.133 e. The summed E-state index contributed by atoms with van der Waals surface area (Å²) in [6, 6.07) is 11.1. The molecule has 0 radical (unpaired) electrons. The first-order valence-corrected chi connectivity index (χ1v) is 7.42. The molecule has 1 unspecified atom stereocenters. The number of aromatic nitrogens is 3. The summed E-state index contributed by atoms with van der Waals surface area (Å²) in [5.41, 5.74) is 1.37. The van der Waals surface area contributed by atoms with Crippen LogP contribution in [0.15, 0.2) is 36.7 Å². The van der Waals surface area contributed by atoms with Crippen molar-refractivity contribution in [3.8, 4) is 0 Å². The zero-order valence-electron chi connectivity index (χ0n) is 12.4. The van der Waals surface area contributed by atoms with Gasteiger partial charge in [0.2, 0.25) is 0 Å². The van der Waals surface area contributed by atoms with Gasteiger partial charge in [0.25, 0.3) is 0 Å². The van der Waals surface area contributed by atoms with E-state index < -0.39 is 0 Å². The van der Waals surface area contributed by atoms with Crippen LogP contribution in [0.1, 0.15) is 43.6 Å². The van der Waals surface area contributed by atoms with E-state index >= 15 is 0 Å². The molecule has 4 heteroatoms. The molecule has 4 nitrogen and oxygen atoms in total. The third-order valence-electron chi connectivity index (χ3n) is 3.59. The van der Waals surface area contributed by atoms with Crippen molar-refractivity contribution in [1.82, 2.24) is 20.1 Å². The van der Waals surface area contributed by atoms with Gasteiger partial charge in [0.1, 0.15) is 12.2 Å². The monoisotopic (exact) mass is 272 g/mol. The molecule has 1 N–H and O–H groups in total. The lowest BCUT2D eigenvalue weighted by Crippen LogP contribution is -2.24. The van der Waals surface area contributed by atoms with E-state index in [1.54, 1.807) is 6.33 Å². The highest BCUT2D eigenvalue weighted by Crippen LogP contribution is 2.18. The van der Waals surface area contributed by atoms with Crippen LogP contribution in [-0.4, -0.2) is 21.3 Å². The van der Waals surface area contributed by atoms with Crippen molar-refractivity contribution in [3.63, 3.8) is 0 Å². The van der Waals surface area contributed by atoms with Crippen molar-refractivity contribution in [1.29, 1.82) is 0 Å². The van der Waals surface area contributed by atoms with Crippen LogP contribution in [0.2, 0.25) is 0 Å². The van der Waals surface area contributed by atoms with E-state index in [-0.39, 0.29) is 0 Å². The highest BCUT2D eigenvalue weighted by atomic mass is 15.2. The van der Waals surface area contributed by atoms with E-state index in [2.05, 4.69) is 52.8 Å². The van der Waals surface area contributed by atoms with Crippen molar-refractivity contribution in [3.05, 3.63) is 48.0 Å². The minimum Gasteiger partial charge on any atom is -0.321 e. The second-order valence-electron chi connectivity index (χ2n) is 5.17. The van der Waals surface area contributed by atoms with E-state index in [0.717, 1.165) is 18.8 Å².